The summed E-state index contributed by atoms with van der Waals surface area (Å²) >= 11 is 0. The highest BCUT2D eigenvalue weighted by atomic mass is 16.5. The van der Waals surface area contributed by atoms with Crippen molar-refractivity contribution < 1.29 is 24.4 Å². The largest absolute Gasteiger partial charge is 0.394 e. The number of unbranched alkanes of at least 4 members (excludes halogenated alkanes) is 12. The molecule has 0 fully saturated rings. The lowest BCUT2D eigenvalue weighted by Gasteiger charge is -2.25. The third-order valence-corrected chi connectivity index (χ3v) is 6.75. The van der Waals surface area contributed by atoms with Crippen LogP contribution in [0.5, 0.6) is 0 Å². The van der Waals surface area contributed by atoms with Crippen LogP contribution >= 0.6 is 0 Å². The first-order valence-electron chi connectivity index (χ1n) is 16.2. The maximum absolute atomic E-state index is 8.26. The Kier molecular flexibility index (Phi) is 37.7. The molecule has 0 spiro atoms. The van der Waals surface area contributed by atoms with Crippen LogP contribution in [0.1, 0.15) is 156 Å². The van der Waals surface area contributed by atoms with E-state index in [1.807, 2.05) is 0 Å². The molecule has 226 valence electrons. The molecule has 0 radical (unpaired) electrons. The summed E-state index contributed by atoms with van der Waals surface area (Å²) in [6.07, 6.45) is 28.2. The molecular formula is C32H68O5. The normalized spacial score (nSPS) is 12.8. The van der Waals surface area contributed by atoms with Crippen molar-refractivity contribution in [2.24, 2.45) is 0 Å². The Morgan fingerprint density at radius 1 is 0.405 bits per heavy atom. The van der Waals surface area contributed by atoms with Crippen LogP contribution < -0.4 is 0 Å². The zero-order chi connectivity index (χ0) is 27.7. The maximum atomic E-state index is 8.26. The highest BCUT2D eigenvalue weighted by molar-refractivity contribution is 4.66. The summed E-state index contributed by atoms with van der Waals surface area (Å²) in [5.41, 5.74) is 0. The third kappa shape index (κ3) is 33.8. The molecule has 2 atom stereocenters. The summed E-state index contributed by atoms with van der Waals surface area (Å²) in [6, 6.07) is 0. The van der Waals surface area contributed by atoms with Gasteiger partial charge < -0.3 is 24.4 Å². The van der Waals surface area contributed by atoms with E-state index in [1.54, 1.807) is 0 Å². The maximum Gasteiger partial charge on any atom is 0.0701 e. The van der Waals surface area contributed by atoms with Gasteiger partial charge in [0.1, 0.15) is 0 Å². The number of aliphatic hydroxyl groups excluding tert-OH is 2. The van der Waals surface area contributed by atoms with Gasteiger partial charge in [0, 0.05) is 0 Å². The number of hydrogen-bond donors (Lipinski definition) is 2. The van der Waals surface area contributed by atoms with E-state index in [4.69, 9.17) is 24.4 Å². The van der Waals surface area contributed by atoms with Crippen LogP contribution in [0.4, 0.5) is 0 Å². The summed E-state index contributed by atoms with van der Waals surface area (Å²) in [5.74, 6) is 0. The van der Waals surface area contributed by atoms with Crippen molar-refractivity contribution in [2.45, 2.75) is 168 Å². The summed E-state index contributed by atoms with van der Waals surface area (Å²) < 4.78 is 16.5. The molecular weight excluding hydrogens is 464 g/mol. The first kappa shape index (κ1) is 38.9. The molecule has 0 aromatic carbocycles. The number of ether oxygens (including phenoxy) is 3. The van der Waals surface area contributed by atoms with Gasteiger partial charge in [0.15, 0.2) is 0 Å². The Labute approximate surface area is 232 Å². The molecule has 0 aliphatic heterocycles. The number of aliphatic hydroxyl groups is 2. The van der Waals surface area contributed by atoms with Crippen LogP contribution in [-0.2, 0) is 14.2 Å². The lowest BCUT2D eigenvalue weighted by molar-refractivity contribution is -0.0321. The minimum absolute atomic E-state index is 0.0417. The molecule has 0 rings (SSSR count). The molecule has 0 aromatic rings. The van der Waals surface area contributed by atoms with E-state index in [-0.39, 0.29) is 13.2 Å². The molecule has 0 aromatic heterocycles. The molecule has 0 heterocycles. The van der Waals surface area contributed by atoms with Gasteiger partial charge in [-0.15, -0.1) is 0 Å². The topological polar surface area (TPSA) is 68.2 Å². The molecule has 0 saturated heterocycles. The van der Waals surface area contributed by atoms with Crippen molar-refractivity contribution in [1.29, 1.82) is 0 Å². The number of hydrogen-bond acceptors (Lipinski definition) is 5. The molecule has 5 heteroatoms. The highest BCUT2D eigenvalue weighted by Gasteiger charge is 2.16. The SMILES string of the molecule is CCCCCCCCC(CCCC)OC(CCCC)CCCCCCCC.OCCOCCOCCO. The Balaban J connectivity index is 0. The zero-order valence-corrected chi connectivity index (χ0v) is 25.7. The van der Waals surface area contributed by atoms with E-state index >= 15 is 0 Å². The van der Waals surface area contributed by atoms with Gasteiger partial charge in [-0.1, -0.05) is 130 Å². The smallest absolute Gasteiger partial charge is 0.0701 e. The van der Waals surface area contributed by atoms with Crippen molar-refractivity contribution in [3.63, 3.8) is 0 Å². The molecule has 0 amide bonds. The lowest BCUT2D eigenvalue weighted by atomic mass is 10.0. The number of rotatable bonds is 29. The Morgan fingerprint density at radius 3 is 1.08 bits per heavy atom. The first-order chi connectivity index (χ1) is 18.2. The van der Waals surface area contributed by atoms with Gasteiger partial charge >= 0.3 is 0 Å². The van der Waals surface area contributed by atoms with Gasteiger partial charge in [-0.3, -0.25) is 0 Å². The quantitative estimate of drug-likeness (QED) is 0.0944. The Hall–Kier alpha value is -0.200. The van der Waals surface area contributed by atoms with Gasteiger partial charge in [0.2, 0.25) is 0 Å². The monoisotopic (exact) mass is 533 g/mol. The molecule has 2 N–H and O–H groups in total. The first-order valence-corrected chi connectivity index (χ1v) is 16.2. The lowest BCUT2D eigenvalue weighted by Crippen LogP contribution is -2.23. The van der Waals surface area contributed by atoms with Crippen molar-refractivity contribution in [3.05, 3.63) is 0 Å². The predicted octanol–water partition coefficient (Wildman–Crippen LogP) is 8.63. The molecule has 0 aliphatic rings. The second-order valence-corrected chi connectivity index (χ2v) is 10.4. The average molecular weight is 533 g/mol. The van der Waals surface area contributed by atoms with E-state index in [0.29, 0.717) is 38.6 Å². The average Bonchev–Trinajstić information content (AvgIpc) is 2.91. The van der Waals surface area contributed by atoms with Crippen LogP contribution in [0.15, 0.2) is 0 Å². The fraction of sp³-hybridized carbons (Fsp3) is 1.00. The van der Waals surface area contributed by atoms with Gasteiger partial charge in [-0.2, -0.15) is 0 Å². The van der Waals surface area contributed by atoms with E-state index in [2.05, 4.69) is 27.7 Å². The van der Waals surface area contributed by atoms with E-state index in [0.717, 1.165) is 0 Å². The molecule has 2 unspecified atom stereocenters. The molecule has 0 bridgehead atoms. The minimum Gasteiger partial charge on any atom is -0.394 e. The van der Waals surface area contributed by atoms with Crippen LogP contribution in [0.2, 0.25) is 0 Å². The Morgan fingerprint density at radius 2 is 0.730 bits per heavy atom. The van der Waals surface area contributed by atoms with Gasteiger partial charge in [0.25, 0.3) is 0 Å². The standard InChI is InChI=1S/C26H54O.C6H14O4/c1-5-9-13-15-17-19-23-25(21-11-7-3)27-26(22-12-8-4)24-20-18-16-14-10-6-2;7-1-3-9-5-6-10-4-2-8/h25-26H,5-24H2,1-4H3;7-8H,1-6H2. The van der Waals surface area contributed by atoms with Crippen molar-refractivity contribution in [1.82, 2.24) is 0 Å². The summed E-state index contributed by atoms with van der Waals surface area (Å²) in [5, 5.41) is 16.5. The van der Waals surface area contributed by atoms with Crippen molar-refractivity contribution >= 4 is 0 Å². The summed E-state index contributed by atoms with van der Waals surface area (Å²) in [4.78, 5) is 0. The predicted molar refractivity (Wildman–Crippen MR) is 160 cm³/mol. The van der Waals surface area contributed by atoms with E-state index < -0.39 is 0 Å². The van der Waals surface area contributed by atoms with Crippen molar-refractivity contribution in [3.8, 4) is 0 Å². The highest BCUT2D eigenvalue weighted by Crippen LogP contribution is 2.22. The van der Waals surface area contributed by atoms with Crippen LogP contribution in [0.25, 0.3) is 0 Å². The van der Waals surface area contributed by atoms with Crippen LogP contribution in [0.3, 0.4) is 0 Å². The zero-order valence-electron chi connectivity index (χ0n) is 25.7. The van der Waals surface area contributed by atoms with Crippen LogP contribution in [0, 0.1) is 0 Å². The van der Waals surface area contributed by atoms with Gasteiger partial charge in [-0.05, 0) is 25.7 Å². The second-order valence-electron chi connectivity index (χ2n) is 10.4. The molecule has 5 nitrogen and oxygen atoms in total. The van der Waals surface area contributed by atoms with Gasteiger partial charge in [0.05, 0.1) is 51.8 Å². The summed E-state index contributed by atoms with van der Waals surface area (Å²) in [6.45, 7) is 11.0. The van der Waals surface area contributed by atoms with E-state index in [1.165, 1.54) is 128 Å². The second kappa shape index (κ2) is 35.8. The third-order valence-electron chi connectivity index (χ3n) is 6.75. The molecule has 0 saturated carbocycles. The molecule has 0 aliphatic carbocycles. The molecule has 37 heavy (non-hydrogen) atoms. The van der Waals surface area contributed by atoms with Gasteiger partial charge in [-0.25, -0.2) is 0 Å². The minimum atomic E-state index is 0.0417. The fourth-order valence-electron chi connectivity index (χ4n) is 4.45. The van der Waals surface area contributed by atoms with E-state index in [9.17, 15) is 0 Å². The summed E-state index contributed by atoms with van der Waals surface area (Å²) in [7, 11) is 0. The Bertz CT molecular complexity index is 346. The van der Waals surface area contributed by atoms with Crippen LogP contribution in [-0.4, -0.2) is 62.1 Å². The van der Waals surface area contributed by atoms with Crippen molar-refractivity contribution in [2.75, 3.05) is 39.6 Å². The fourth-order valence-corrected chi connectivity index (χ4v) is 4.45.